The van der Waals surface area contributed by atoms with Crippen molar-refractivity contribution < 1.29 is 9.53 Å². The number of esters is 1. The van der Waals surface area contributed by atoms with Crippen LogP contribution in [-0.2, 0) is 9.53 Å². The van der Waals surface area contributed by atoms with E-state index in [1.54, 1.807) is 0 Å². The zero-order valence-corrected chi connectivity index (χ0v) is 8.19. The van der Waals surface area contributed by atoms with Gasteiger partial charge in [0.2, 0.25) is 0 Å². The van der Waals surface area contributed by atoms with E-state index in [0.717, 1.165) is 6.42 Å². The quantitative estimate of drug-likeness (QED) is 0.481. The van der Waals surface area contributed by atoms with Gasteiger partial charge in [0.15, 0.2) is 0 Å². The standard InChI is InChI=1S/C11H16O2/c1-4-9-7-5-6-8(2)10(9)11(12)13-3/h4-6,8-10H,1,7H2,2-3H3/t8-,9+,10-/m1/s1. The van der Waals surface area contributed by atoms with Gasteiger partial charge in [-0.15, -0.1) is 6.58 Å². The van der Waals surface area contributed by atoms with Gasteiger partial charge < -0.3 is 4.74 Å². The van der Waals surface area contributed by atoms with E-state index in [0.29, 0.717) is 0 Å². The summed E-state index contributed by atoms with van der Waals surface area (Å²) in [6, 6.07) is 0. The second-order valence-corrected chi connectivity index (χ2v) is 3.47. The fraction of sp³-hybridized carbons (Fsp3) is 0.545. The fourth-order valence-corrected chi connectivity index (χ4v) is 1.87. The number of carbonyl (C=O) groups excluding carboxylic acids is 1. The van der Waals surface area contributed by atoms with E-state index in [-0.39, 0.29) is 23.7 Å². The Kier molecular flexibility index (Phi) is 3.29. The average Bonchev–Trinajstić information content (AvgIpc) is 2.16. The Morgan fingerprint density at radius 1 is 1.69 bits per heavy atom. The minimum atomic E-state index is -0.123. The summed E-state index contributed by atoms with van der Waals surface area (Å²) in [7, 11) is 1.44. The van der Waals surface area contributed by atoms with Crippen LogP contribution < -0.4 is 0 Å². The molecule has 0 heterocycles. The Morgan fingerprint density at radius 2 is 2.38 bits per heavy atom. The van der Waals surface area contributed by atoms with Gasteiger partial charge >= 0.3 is 5.97 Å². The molecule has 13 heavy (non-hydrogen) atoms. The molecule has 1 aliphatic carbocycles. The molecule has 2 nitrogen and oxygen atoms in total. The lowest BCUT2D eigenvalue weighted by Crippen LogP contribution is -2.30. The molecular weight excluding hydrogens is 164 g/mol. The lowest BCUT2D eigenvalue weighted by molar-refractivity contribution is -0.148. The largest absolute Gasteiger partial charge is 0.469 e. The van der Waals surface area contributed by atoms with Crippen LogP contribution in [-0.4, -0.2) is 13.1 Å². The number of hydrogen-bond acceptors (Lipinski definition) is 2. The molecule has 0 amide bonds. The highest BCUT2D eigenvalue weighted by molar-refractivity contribution is 5.73. The summed E-state index contributed by atoms with van der Waals surface area (Å²) < 4.78 is 4.77. The monoisotopic (exact) mass is 180 g/mol. The maximum absolute atomic E-state index is 11.4. The molecule has 0 aliphatic heterocycles. The molecule has 3 atom stereocenters. The Bertz CT molecular complexity index is 230. The van der Waals surface area contributed by atoms with Crippen LogP contribution in [0.3, 0.4) is 0 Å². The van der Waals surface area contributed by atoms with Crippen LogP contribution >= 0.6 is 0 Å². The van der Waals surface area contributed by atoms with Crippen LogP contribution in [0, 0.1) is 17.8 Å². The first kappa shape index (κ1) is 10.0. The third kappa shape index (κ3) is 2.00. The summed E-state index contributed by atoms with van der Waals surface area (Å²) in [5.74, 6) is 0.311. The van der Waals surface area contributed by atoms with E-state index >= 15 is 0 Å². The number of hydrogen-bond donors (Lipinski definition) is 0. The van der Waals surface area contributed by atoms with E-state index in [9.17, 15) is 4.79 Å². The van der Waals surface area contributed by atoms with Crippen molar-refractivity contribution in [3.8, 4) is 0 Å². The highest BCUT2D eigenvalue weighted by atomic mass is 16.5. The SMILES string of the molecule is C=C[C@H]1CC=C[C@@H](C)[C@H]1C(=O)OC. The van der Waals surface area contributed by atoms with Gasteiger partial charge in [-0.25, -0.2) is 0 Å². The van der Waals surface area contributed by atoms with Crippen molar-refractivity contribution >= 4 is 5.97 Å². The molecule has 0 saturated heterocycles. The Balaban J connectivity index is 2.81. The number of allylic oxidation sites excluding steroid dienone is 3. The predicted molar refractivity (Wildman–Crippen MR) is 52.1 cm³/mol. The molecule has 0 N–H and O–H groups in total. The van der Waals surface area contributed by atoms with Crippen molar-refractivity contribution in [2.45, 2.75) is 13.3 Å². The second-order valence-electron chi connectivity index (χ2n) is 3.47. The highest BCUT2D eigenvalue weighted by Crippen LogP contribution is 2.31. The number of methoxy groups -OCH3 is 1. The minimum Gasteiger partial charge on any atom is -0.469 e. The van der Waals surface area contributed by atoms with E-state index in [1.807, 2.05) is 13.0 Å². The van der Waals surface area contributed by atoms with Gasteiger partial charge in [-0.05, 0) is 18.3 Å². The molecule has 0 aromatic heterocycles. The lowest BCUT2D eigenvalue weighted by Gasteiger charge is -2.28. The van der Waals surface area contributed by atoms with Gasteiger partial charge in [-0.3, -0.25) is 4.79 Å². The van der Waals surface area contributed by atoms with Gasteiger partial charge in [0.25, 0.3) is 0 Å². The smallest absolute Gasteiger partial charge is 0.309 e. The predicted octanol–water partition coefficient (Wildman–Crippen LogP) is 2.17. The van der Waals surface area contributed by atoms with E-state index in [4.69, 9.17) is 4.74 Å². The van der Waals surface area contributed by atoms with E-state index in [2.05, 4.69) is 18.7 Å². The van der Waals surface area contributed by atoms with Crippen molar-refractivity contribution in [3.05, 3.63) is 24.8 Å². The van der Waals surface area contributed by atoms with Gasteiger partial charge in [0.1, 0.15) is 0 Å². The summed E-state index contributed by atoms with van der Waals surface area (Å²) in [6.45, 7) is 5.78. The molecule has 0 bridgehead atoms. The zero-order valence-electron chi connectivity index (χ0n) is 8.19. The first-order valence-electron chi connectivity index (χ1n) is 4.57. The van der Waals surface area contributed by atoms with Crippen LogP contribution in [0.15, 0.2) is 24.8 Å². The van der Waals surface area contributed by atoms with Gasteiger partial charge in [0, 0.05) is 0 Å². The minimum absolute atomic E-state index is 0.0486. The van der Waals surface area contributed by atoms with Crippen molar-refractivity contribution in [2.75, 3.05) is 7.11 Å². The zero-order chi connectivity index (χ0) is 9.84. The molecule has 72 valence electrons. The van der Waals surface area contributed by atoms with Crippen molar-refractivity contribution in [2.24, 2.45) is 17.8 Å². The Hall–Kier alpha value is -1.05. The van der Waals surface area contributed by atoms with Crippen molar-refractivity contribution in [1.29, 1.82) is 0 Å². The number of carbonyl (C=O) groups is 1. The van der Waals surface area contributed by atoms with Crippen molar-refractivity contribution in [1.82, 2.24) is 0 Å². The molecule has 0 radical (unpaired) electrons. The summed E-state index contributed by atoms with van der Waals surface area (Å²) in [4.78, 5) is 11.4. The Labute approximate surface area is 79.3 Å². The molecule has 0 spiro atoms. The lowest BCUT2D eigenvalue weighted by atomic mass is 9.77. The average molecular weight is 180 g/mol. The Morgan fingerprint density at radius 3 is 2.92 bits per heavy atom. The highest BCUT2D eigenvalue weighted by Gasteiger charge is 2.32. The molecule has 0 fully saturated rings. The first-order chi connectivity index (χ1) is 6.20. The topological polar surface area (TPSA) is 26.3 Å². The third-order valence-corrected chi connectivity index (χ3v) is 2.65. The van der Waals surface area contributed by atoms with Crippen LogP contribution in [0.1, 0.15) is 13.3 Å². The van der Waals surface area contributed by atoms with Crippen LogP contribution in [0.2, 0.25) is 0 Å². The van der Waals surface area contributed by atoms with Crippen molar-refractivity contribution in [3.63, 3.8) is 0 Å². The number of ether oxygens (including phenoxy) is 1. The first-order valence-corrected chi connectivity index (χ1v) is 4.57. The van der Waals surface area contributed by atoms with Gasteiger partial charge in [-0.1, -0.05) is 25.2 Å². The van der Waals surface area contributed by atoms with Crippen LogP contribution in [0.5, 0.6) is 0 Å². The molecule has 0 unspecified atom stereocenters. The fourth-order valence-electron chi connectivity index (χ4n) is 1.87. The molecule has 2 heteroatoms. The second kappa shape index (κ2) is 4.26. The molecule has 0 saturated carbocycles. The normalized spacial score (nSPS) is 32.6. The molecule has 1 aliphatic rings. The molecule has 1 rings (SSSR count). The van der Waals surface area contributed by atoms with E-state index in [1.165, 1.54) is 7.11 Å². The molecular formula is C11H16O2. The molecule has 0 aromatic carbocycles. The van der Waals surface area contributed by atoms with Crippen LogP contribution in [0.25, 0.3) is 0 Å². The van der Waals surface area contributed by atoms with Crippen LogP contribution in [0.4, 0.5) is 0 Å². The third-order valence-electron chi connectivity index (χ3n) is 2.65. The summed E-state index contributed by atoms with van der Waals surface area (Å²) in [5.41, 5.74) is 0. The summed E-state index contributed by atoms with van der Waals surface area (Å²) in [6.07, 6.45) is 6.92. The molecule has 0 aromatic rings. The number of rotatable bonds is 2. The summed E-state index contributed by atoms with van der Waals surface area (Å²) in [5, 5.41) is 0. The van der Waals surface area contributed by atoms with Gasteiger partial charge in [-0.2, -0.15) is 0 Å². The van der Waals surface area contributed by atoms with Gasteiger partial charge in [0.05, 0.1) is 13.0 Å². The maximum Gasteiger partial charge on any atom is 0.309 e. The maximum atomic E-state index is 11.4. The summed E-state index contributed by atoms with van der Waals surface area (Å²) >= 11 is 0. The van der Waals surface area contributed by atoms with E-state index < -0.39 is 0 Å².